The lowest BCUT2D eigenvalue weighted by molar-refractivity contribution is -0.00728. The fourth-order valence-corrected chi connectivity index (χ4v) is 5.29. The number of anilines is 1. The fourth-order valence-electron chi connectivity index (χ4n) is 5.29. The van der Waals surface area contributed by atoms with Crippen molar-refractivity contribution in [2.24, 2.45) is 23.6 Å². The molecule has 0 spiro atoms. The van der Waals surface area contributed by atoms with Crippen LogP contribution in [0.25, 0.3) is 0 Å². The van der Waals surface area contributed by atoms with Crippen LogP contribution in [0.5, 0.6) is 0 Å². The van der Waals surface area contributed by atoms with Crippen LogP contribution in [-0.4, -0.2) is 9.66 Å². The van der Waals surface area contributed by atoms with Crippen LogP contribution in [0.2, 0.25) is 0 Å². The number of hydrogen-bond acceptors (Lipinski definition) is 5. The Morgan fingerprint density at radius 3 is 2.25 bits per heavy atom. The van der Waals surface area contributed by atoms with E-state index in [1.54, 1.807) is 6.07 Å². The highest BCUT2D eigenvalue weighted by molar-refractivity contribution is 5.31. The maximum absolute atomic E-state index is 12.0. The van der Waals surface area contributed by atoms with Crippen LogP contribution >= 0.6 is 0 Å². The number of nitrogens with two attached hydrogens (primary N) is 2. The largest absolute Gasteiger partial charge is 0.333 e. The van der Waals surface area contributed by atoms with Crippen molar-refractivity contribution in [3.05, 3.63) is 22.1 Å². The Balaban J connectivity index is 1.81. The minimum absolute atomic E-state index is 0.0910. The van der Waals surface area contributed by atoms with Crippen LogP contribution in [0.15, 0.2) is 10.9 Å². The molecule has 20 heavy (non-hydrogen) atoms. The SMILES string of the molecule is NNc1nc(C23CC4CC(CC(C4)C2)C3)cc(=O)n1N. The smallest absolute Gasteiger partial charge is 0.273 e. The molecular weight excluding hydrogens is 254 g/mol. The van der Waals surface area contributed by atoms with Crippen molar-refractivity contribution < 1.29 is 0 Å². The van der Waals surface area contributed by atoms with Crippen molar-refractivity contribution >= 4 is 5.95 Å². The van der Waals surface area contributed by atoms with Crippen LogP contribution in [0.1, 0.15) is 44.2 Å². The number of hydrazine groups is 1. The highest BCUT2D eigenvalue weighted by atomic mass is 16.1. The average Bonchev–Trinajstić information content (AvgIpc) is 2.40. The predicted molar refractivity (Wildman–Crippen MR) is 76.3 cm³/mol. The van der Waals surface area contributed by atoms with Crippen molar-refractivity contribution in [1.82, 2.24) is 9.66 Å². The highest BCUT2D eigenvalue weighted by Crippen LogP contribution is 2.60. The molecule has 6 nitrogen and oxygen atoms in total. The minimum Gasteiger partial charge on any atom is -0.333 e. The number of aromatic nitrogens is 2. The molecule has 6 heteroatoms. The van der Waals surface area contributed by atoms with E-state index >= 15 is 0 Å². The highest BCUT2D eigenvalue weighted by Gasteiger charge is 2.52. The lowest BCUT2D eigenvalue weighted by atomic mass is 9.49. The van der Waals surface area contributed by atoms with Gasteiger partial charge in [0, 0.05) is 11.5 Å². The third-order valence-electron chi connectivity index (χ3n) is 5.66. The van der Waals surface area contributed by atoms with Gasteiger partial charge in [-0.2, -0.15) is 4.68 Å². The number of nitrogens with one attached hydrogen (secondary N) is 1. The molecule has 1 aromatic heterocycles. The van der Waals surface area contributed by atoms with E-state index in [1.807, 2.05) is 0 Å². The molecule has 4 fully saturated rings. The fraction of sp³-hybridized carbons (Fsp3) is 0.714. The molecule has 1 aromatic rings. The average molecular weight is 275 g/mol. The first kappa shape index (κ1) is 12.2. The molecule has 5 N–H and O–H groups in total. The Kier molecular flexibility index (Phi) is 2.42. The van der Waals surface area contributed by atoms with Gasteiger partial charge in [0.05, 0.1) is 5.69 Å². The van der Waals surface area contributed by atoms with Gasteiger partial charge in [-0.15, -0.1) is 0 Å². The van der Waals surface area contributed by atoms with Gasteiger partial charge >= 0.3 is 0 Å². The van der Waals surface area contributed by atoms with Gasteiger partial charge in [0.25, 0.3) is 5.56 Å². The predicted octanol–water partition coefficient (Wildman–Crippen LogP) is 0.711. The summed E-state index contributed by atoms with van der Waals surface area (Å²) in [5.74, 6) is 13.8. The summed E-state index contributed by atoms with van der Waals surface area (Å²) in [5.41, 5.74) is 3.19. The molecule has 4 aliphatic rings. The normalized spacial score (nSPS) is 38.1. The third-order valence-corrected chi connectivity index (χ3v) is 5.66. The lowest BCUT2D eigenvalue weighted by Gasteiger charge is -2.56. The van der Waals surface area contributed by atoms with Crippen molar-refractivity contribution in [2.45, 2.75) is 43.9 Å². The van der Waals surface area contributed by atoms with E-state index in [4.69, 9.17) is 11.7 Å². The van der Waals surface area contributed by atoms with Gasteiger partial charge in [0.15, 0.2) is 0 Å². The van der Waals surface area contributed by atoms with E-state index in [9.17, 15) is 4.79 Å². The summed E-state index contributed by atoms with van der Waals surface area (Å²) in [6.45, 7) is 0. The Morgan fingerprint density at radius 2 is 1.75 bits per heavy atom. The van der Waals surface area contributed by atoms with E-state index in [0.29, 0.717) is 0 Å². The molecule has 5 rings (SSSR count). The van der Waals surface area contributed by atoms with Gasteiger partial charge in [-0.25, -0.2) is 10.8 Å². The maximum Gasteiger partial charge on any atom is 0.273 e. The van der Waals surface area contributed by atoms with E-state index in [2.05, 4.69) is 10.4 Å². The molecule has 1 heterocycles. The van der Waals surface area contributed by atoms with Crippen LogP contribution < -0.4 is 22.7 Å². The van der Waals surface area contributed by atoms with Crippen molar-refractivity contribution in [1.29, 1.82) is 0 Å². The van der Waals surface area contributed by atoms with Gasteiger partial charge in [0.1, 0.15) is 0 Å². The molecule has 4 saturated carbocycles. The quantitative estimate of drug-likeness (QED) is 0.545. The van der Waals surface area contributed by atoms with Crippen molar-refractivity contribution in [3.63, 3.8) is 0 Å². The van der Waals surface area contributed by atoms with Crippen LogP contribution in [0.3, 0.4) is 0 Å². The summed E-state index contributed by atoms with van der Waals surface area (Å²) < 4.78 is 0.976. The van der Waals surface area contributed by atoms with Crippen LogP contribution in [-0.2, 0) is 5.41 Å². The molecule has 0 saturated heterocycles. The Bertz CT molecular complexity index is 573. The number of nitrogen functional groups attached to an aromatic ring is 2. The third kappa shape index (κ3) is 1.60. The standard InChI is InChI=1S/C14H21N5O/c15-18-13-17-11(4-12(20)19(13)16)14-5-8-1-9(6-14)3-10(2-8)7-14/h4,8-10H,1-3,5-7,15-16H2,(H,17,18). The lowest BCUT2D eigenvalue weighted by Crippen LogP contribution is -2.49. The molecule has 0 aliphatic heterocycles. The van der Waals surface area contributed by atoms with Crippen LogP contribution in [0, 0.1) is 17.8 Å². The monoisotopic (exact) mass is 275 g/mol. The summed E-state index contributed by atoms with van der Waals surface area (Å²) in [6, 6.07) is 1.62. The summed E-state index contributed by atoms with van der Waals surface area (Å²) in [5, 5.41) is 0. The number of rotatable bonds is 2. The summed E-state index contributed by atoms with van der Waals surface area (Å²) in [4.78, 5) is 16.6. The van der Waals surface area contributed by atoms with E-state index in [-0.39, 0.29) is 16.9 Å². The molecule has 0 atom stereocenters. The van der Waals surface area contributed by atoms with Gasteiger partial charge in [-0.3, -0.25) is 10.2 Å². The van der Waals surface area contributed by atoms with Gasteiger partial charge in [-0.1, -0.05) is 0 Å². The molecule has 4 aliphatic carbocycles. The van der Waals surface area contributed by atoms with Crippen molar-refractivity contribution in [3.8, 4) is 0 Å². The Labute approximate surface area is 117 Å². The Morgan fingerprint density at radius 1 is 1.20 bits per heavy atom. The molecule has 0 radical (unpaired) electrons. The van der Waals surface area contributed by atoms with Gasteiger partial charge in [-0.05, 0) is 56.3 Å². The molecule has 0 aromatic carbocycles. The first-order valence-corrected chi connectivity index (χ1v) is 7.46. The molecule has 0 unspecified atom stereocenters. The zero-order valence-corrected chi connectivity index (χ0v) is 11.5. The maximum atomic E-state index is 12.0. The summed E-state index contributed by atoms with van der Waals surface area (Å²) in [7, 11) is 0. The van der Waals surface area contributed by atoms with Gasteiger partial charge < -0.3 is 5.84 Å². The second kappa shape index (κ2) is 3.97. The van der Waals surface area contributed by atoms with E-state index in [0.717, 1.165) is 28.1 Å². The molecule has 4 bridgehead atoms. The molecular formula is C14H21N5O. The zero-order chi connectivity index (χ0) is 13.9. The molecule has 0 amide bonds. The molecule has 108 valence electrons. The van der Waals surface area contributed by atoms with Gasteiger partial charge in [0.2, 0.25) is 5.95 Å². The zero-order valence-electron chi connectivity index (χ0n) is 11.5. The first-order valence-electron chi connectivity index (χ1n) is 7.46. The second-order valence-electron chi connectivity index (χ2n) is 7.02. The van der Waals surface area contributed by atoms with E-state index in [1.165, 1.54) is 38.5 Å². The first-order chi connectivity index (χ1) is 9.59. The second-order valence-corrected chi connectivity index (χ2v) is 7.02. The number of hydrogen-bond donors (Lipinski definition) is 3. The van der Waals surface area contributed by atoms with Crippen molar-refractivity contribution in [2.75, 3.05) is 11.3 Å². The number of nitrogens with zero attached hydrogens (tertiary/aromatic N) is 2. The topological polar surface area (TPSA) is 99.0 Å². The Hall–Kier alpha value is -1.56. The van der Waals surface area contributed by atoms with Crippen LogP contribution in [0.4, 0.5) is 5.95 Å². The van der Waals surface area contributed by atoms with E-state index < -0.39 is 0 Å². The minimum atomic E-state index is -0.237. The summed E-state index contributed by atoms with van der Waals surface area (Å²) >= 11 is 0. The summed E-state index contributed by atoms with van der Waals surface area (Å²) in [6.07, 6.45) is 7.62.